The quantitative estimate of drug-likeness (QED) is 0.942. The van der Waals surface area contributed by atoms with Gasteiger partial charge in [-0.05, 0) is 45.4 Å². The molecule has 0 fully saturated rings. The highest BCUT2D eigenvalue weighted by molar-refractivity contribution is 7.15. The third-order valence-electron chi connectivity index (χ3n) is 3.96. The van der Waals surface area contributed by atoms with Crippen LogP contribution < -0.4 is 10.2 Å². The Balaban J connectivity index is 1.79. The molecule has 2 aromatic heterocycles. The van der Waals surface area contributed by atoms with Crippen LogP contribution in [0.5, 0.6) is 0 Å². The minimum Gasteiger partial charge on any atom is -0.345 e. The largest absolute Gasteiger partial charge is 0.345 e. The van der Waals surface area contributed by atoms with Gasteiger partial charge in [-0.2, -0.15) is 0 Å². The van der Waals surface area contributed by atoms with Crippen molar-refractivity contribution in [3.05, 3.63) is 40.2 Å². The summed E-state index contributed by atoms with van der Waals surface area (Å²) in [7, 11) is 4.13. The van der Waals surface area contributed by atoms with E-state index in [1.165, 1.54) is 29.8 Å². The molecule has 0 radical (unpaired) electrons. The lowest BCUT2D eigenvalue weighted by atomic mass is 9.98. The Morgan fingerprint density at radius 3 is 3.00 bits per heavy atom. The summed E-state index contributed by atoms with van der Waals surface area (Å²) in [6.45, 7) is 2.83. The van der Waals surface area contributed by atoms with Crippen LogP contribution >= 0.6 is 11.3 Å². The maximum Gasteiger partial charge on any atom is 0.185 e. The Bertz CT molecular complexity index is 622. The van der Waals surface area contributed by atoms with Crippen molar-refractivity contribution < 1.29 is 0 Å². The zero-order valence-electron chi connectivity index (χ0n) is 12.9. The molecule has 1 aliphatic carbocycles. The number of rotatable bonds is 4. The van der Waals surface area contributed by atoms with Gasteiger partial charge in [-0.3, -0.25) is 4.98 Å². The molecule has 21 heavy (non-hydrogen) atoms. The normalized spacial score (nSPS) is 17.6. The van der Waals surface area contributed by atoms with Gasteiger partial charge >= 0.3 is 0 Å². The summed E-state index contributed by atoms with van der Waals surface area (Å²) in [6.07, 6.45) is 3.61. The maximum absolute atomic E-state index is 4.88. The number of nitrogens with one attached hydrogen (secondary N) is 1. The molecular formula is C16H22N4S. The van der Waals surface area contributed by atoms with Crippen LogP contribution in [0.25, 0.3) is 0 Å². The van der Waals surface area contributed by atoms with E-state index in [4.69, 9.17) is 4.98 Å². The van der Waals surface area contributed by atoms with Gasteiger partial charge < -0.3 is 10.2 Å². The van der Waals surface area contributed by atoms with E-state index in [0.717, 1.165) is 23.1 Å². The molecule has 0 spiro atoms. The van der Waals surface area contributed by atoms with Crippen LogP contribution in [0.4, 0.5) is 5.13 Å². The van der Waals surface area contributed by atoms with Crippen molar-refractivity contribution in [1.82, 2.24) is 15.3 Å². The predicted octanol–water partition coefficient (Wildman–Crippen LogP) is 3.08. The monoisotopic (exact) mass is 302 g/mol. The second-order valence-corrected chi connectivity index (χ2v) is 6.73. The smallest absolute Gasteiger partial charge is 0.185 e. The van der Waals surface area contributed by atoms with Gasteiger partial charge in [-0.1, -0.05) is 6.07 Å². The summed E-state index contributed by atoms with van der Waals surface area (Å²) in [5, 5.41) is 4.49. The summed E-state index contributed by atoms with van der Waals surface area (Å²) in [5.74, 6) is 0. The van der Waals surface area contributed by atoms with Crippen molar-refractivity contribution in [2.24, 2.45) is 0 Å². The van der Waals surface area contributed by atoms with E-state index in [0.29, 0.717) is 6.04 Å². The van der Waals surface area contributed by atoms with Crippen LogP contribution in [0.1, 0.15) is 40.8 Å². The van der Waals surface area contributed by atoms with Crippen molar-refractivity contribution in [2.45, 2.75) is 38.8 Å². The number of hydrogen-bond donors (Lipinski definition) is 1. The minimum absolute atomic E-state index is 0.421. The Morgan fingerprint density at radius 2 is 2.24 bits per heavy atom. The van der Waals surface area contributed by atoms with Gasteiger partial charge in [0, 0.05) is 17.6 Å². The molecule has 1 atom stereocenters. The Hall–Kier alpha value is -1.46. The molecule has 0 saturated carbocycles. The number of anilines is 1. The third-order valence-corrected chi connectivity index (χ3v) is 5.21. The third kappa shape index (κ3) is 3.09. The number of aromatic nitrogens is 2. The van der Waals surface area contributed by atoms with Crippen molar-refractivity contribution in [1.29, 1.82) is 0 Å². The highest BCUT2D eigenvalue weighted by Crippen LogP contribution is 2.36. The summed E-state index contributed by atoms with van der Waals surface area (Å²) in [6, 6.07) is 6.59. The molecule has 2 aromatic rings. The molecular weight excluding hydrogens is 280 g/mol. The lowest BCUT2D eigenvalue weighted by molar-refractivity contribution is 0.490. The van der Waals surface area contributed by atoms with Crippen LogP contribution in [-0.2, 0) is 13.0 Å². The van der Waals surface area contributed by atoms with Gasteiger partial charge in [0.25, 0.3) is 0 Å². The number of fused-ring (bicyclic) bond motifs is 1. The molecule has 0 bridgehead atoms. The standard InChI is InChI=1S/C16H22N4S/c1-11-6-4-7-12(18-11)10-20(3)16-19-15-13(17-2)8-5-9-14(15)21-16/h4,6-7,13,17H,5,8-10H2,1-3H3. The van der Waals surface area contributed by atoms with Crippen LogP contribution in [0.3, 0.4) is 0 Å². The molecule has 0 aromatic carbocycles. The molecule has 4 nitrogen and oxygen atoms in total. The Kier molecular flexibility index (Phi) is 4.22. The van der Waals surface area contributed by atoms with E-state index in [1.54, 1.807) is 0 Å². The van der Waals surface area contributed by atoms with Crippen LogP contribution in [-0.4, -0.2) is 24.1 Å². The molecule has 1 N–H and O–H groups in total. The first-order chi connectivity index (χ1) is 10.2. The summed E-state index contributed by atoms with van der Waals surface area (Å²) in [5.41, 5.74) is 3.42. The number of hydrogen-bond acceptors (Lipinski definition) is 5. The van der Waals surface area contributed by atoms with Gasteiger partial charge in [0.1, 0.15) is 0 Å². The zero-order chi connectivity index (χ0) is 14.8. The lowest BCUT2D eigenvalue weighted by Crippen LogP contribution is -2.21. The van der Waals surface area contributed by atoms with Gasteiger partial charge in [0.05, 0.1) is 24.0 Å². The highest BCUT2D eigenvalue weighted by Gasteiger charge is 2.24. The highest BCUT2D eigenvalue weighted by atomic mass is 32.1. The summed E-state index contributed by atoms with van der Waals surface area (Å²) in [4.78, 5) is 13.1. The van der Waals surface area contributed by atoms with Gasteiger partial charge in [-0.15, -0.1) is 11.3 Å². The second kappa shape index (κ2) is 6.12. The van der Waals surface area contributed by atoms with Gasteiger partial charge in [0.2, 0.25) is 0 Å². The van der Waals surface area contributed by atoms with Crippen molar-refractivity contribution in [2.75, 3.05) is 19.0 Å². The number of thiazole rings is 1. The van der Waals surface area contributed by atoms with E-state index in [2.05, 4.69) is 34.4 Å². The SMILES string of the molecule is CNC1CCCc2sc(N(C)Cc3cccc(C)n3)nc21. The predicted molar refractivity (Wildman–Crippen MR) is 87.9 cm³/mol. The molecule has 112 valence electrons. The number of aryl methyl sites for hydroxylation is 2. The summed E-state index contributed by atoms with van der Waals surface area (Å²) < 4.78 is 0. The first kappa shape index (κ1) is 14.5. The Morgan fingerprint density at radius 1 is 1.38 bits per heavy atom. The zero-order valence-corrected chi connectivity index (χ0v) is 13.7. The first-order valence-electron chi connectivity index (χ1n) is 7.48. The van der Waals surface area contributed by atoms with Crippen LogP contribution in [0.15, 0.2) is 18.2 Å². The fourth-order valence-electron chi connectivity index (χ4n) is 2.85. The maximum atomic E-state index is 4.88. The topological polar surface area (TPSA) is 41.0 Å². The first-order valence-corrected chi connectivity index (χ1v) is 8.29. The van der Waals surface area contributed by atoms with Crippen LogP contribution in [0, 0.1) is 6.92 Å². The van der Waals surface area contributed by atoms with E-state index in [1.807, 2.05) is 31.4 Å². The molecule has 3 rings (SSSR count). The number of pyridine rings is 1. The lowest BCUT2D eigenvalue weighted by Gasteiger charge is -2.20. The van der Waals surface area contributed by atoms with Crippen molar-refractivity contribution in [3.8, 4) is 0 Å². The molecule has 0 amide bonds. The second-order valence-electron chi connectivity index (χ2n) is 5.66. The fraction of sp³-hybridized carbons (Fsp3) is 0.500. The van der Waals surface area contributed by atoms with Crippen molar-refractivity contribution >= 4 is 16.5 Å². The Labute approximate surface area is 130 Å². The van der Waals surface area contributed by atoms with E-state index >= 15 is 0 Å². The van der Waals surface area contributed by atoms with E-state index in [-0.39, 0.29) is 0 Å². The molecule has 0 aliphatic heterocycles. The molecule has 1 aliphatic rings. The summed E-state index contributed by atoms with van der Waals surface area (Å²) >= 11 is 1.83. The molecule has 5 heteroatoms. The minimum atomic E-state index is 0.421. The average Bonchev–Trinajstić information content (AvgIpc) is 2.91. The molecule has 1 unspecified atom stereocenters. The average molecular weight is 302 g/mol. The van der Waals surface area contributed by atoms with Crippen molar-refractivity contribution in [3.63, 3.8) is 0 Å². The van der Waals surface area contributed by atoms with E-state index in [9.17, 15) is 0 Å². The molecule has 2 heterocycles. The van der Waals surface area contributed by atoms with Gasteiger partial charge in [0.15, 0.2) is 5.13 Å². The number of nitrogens with zero attached hydrogens (tertiary/aromatic N) is 3. The van der Waals surface area contributed by atoms with Crippen LogP contribution in [0.2, 0.25) is 0 Å². The molecule has 0 saturated heterocycles. The fourth-order valence-corrected chi connectivity index (χ4v) is 3.97. The van der Waals surface area contributed by atoms with E-state index < -0.39 is 0 Å². The van der Waals surface area contributed by atoms with Gasteiger partial charge in [-0.25, -0.2) is 4.98 Å².